The summed E-state index contributed by atoms with van der Waals surface area (Å²) < 4.78 is 2.47. The molecular weight excluding hydrogens is 665 g/mol. The maximum atomic E-state index is 2.47. The lowest BCUT2D eigenvalue weighted by molar-refractivity contribution is 0.663. The zero-order chi connectivity index (χ0) is 36.9. The molecule has 0 saturated carbocycles. The summed E-state index contributed by atoms with van der Waals surface area (Å²) in [7, 11) is 0. The molecule has 0 amide bonds. The first-order valence-electron chi connectivity index (χ1n) is 19.1. The van der Waals surface area contributed by atoms with Gasteiger partial charge in [-0.25, -0.2) is 0 Å². The Morgan fingerprint density at radius 3 is 1.65 bits per heavy atom. The predicted molar refractivity (Wildman–Crippen MR) is 234 cm³/mol. The van der Waals surface area contributed by atoms with Crippen molar-refractivity contribution in [2.45, 2.75) is 19.3 Å². The molecule has 1 aromatic heterocycles. The summed E-state index contributed by atoms with van der Waals surface area (Å²) in [6.45, 7) is 4.79. The predicted octanol–water partition coefficient (Wildman–Crippen LogP) is 14.4. The highest BCUT2D eigenvalue weighted by atomic mass is 15.1. The average Bonchev–Trinajstić information content (AvgIpc) is 3.70. The molecule has 2 heteroatoms. The molecule has 0 spiro atoms. The van der Waals surface area contributed by atoms with Gasteiger partial charge < -0.3 is 9.47 Å². The molecule has 1 aliphatic carbocycles. The first-order chi connectivity index (χ1) is 27.0. The molecule has 10 rings (SSSR count). The maximum Gasteiger partial charge on any atom is 0.0588 e. The number of para-hydroxylation sites is 4. The van der Waals surface area contributed by atoms with Crippen molar-refractivity contribution in [3.05, 3.63) is 216 Å². The molecule has 0 N–H and O–H groups in total. The van der Waals surface area contributed by atoms with E-state index in [-0.39, 0.29) is 5.41 Å². The van der Waals surface area contributed by atoms with Gasteiger partial charge in [0, 0.05) is 38.9 Å². The van der Waals surface area contributed by atoms with Crippen molar-refractivity contribution < 1.29 is 0 Å². The van der Waals surface area contributed by atoms with Crippen LogP contribution in [0, 0.1) is 0 Å². The van der Waals surface area contributed by atoms with E-state index in [0.717, 1.165) is 17.1 Å². The highest BCUT2D eigenvalue weighted by Crippen LogP contribution is 2.53. The van der Waals surface area contributed by atoms with Gasteiger partial charge in [-0.15, -0.1) is 0 Å². The molecule has 0 radical (unpaired) electrons. The number of anilines is 3. The second kappa shape index (κ2) is 13.2. The lowest BCUT2D eigenvalue weighted by Gasteiger charge is -2.25. The smallest absolute Gasteiger partial charge is 0.0588 e. The molecule has 262 valence electrons. The van der Waals surface area contributed by atoms with Gasteiger partial charge >= 0.3 is 0 Å². The van der Waals surface area contributed by atoms with Crippen LogP contribution in [0.2, 0.25) is 0 Å². The van der Waals surface area contributed by atoms with E-state index in [9.17, 15) is 0 Å². The zero-order valence-corrected chi connectivity index (χ0v) is 31.0. The molecule has 0 atom stereocenters. The van der Waals surface area contributed by atoms with Crippen LogP contribution in [0.5, 0.6) is 0 Å². The highest BCUT2D eigenvalue weighted by molar-refractivity contribution is 6.13. The van der Waals surface area contributed by atoms with Gasteiger partial charge in [0.05, 0.1) is 11.0 Å². The Kier molecular flexibility index (Phi) is 7.85. The molecule has 1 aliphatic rings. The van der Waals surface area contributed by atoms with Crippen molar-refractivity contribution in [1.82, 2.24) is 4.57 Å². The molecule has 0 unspecified atom stereocenters. The Bertz CT molecular complexity index is 2810. The largest absolute Gasteiger partial charge is 0.311 e. The summed E-state index contributed by atoms with van der Waals surface area (Å²) in [5, 5.41) is 2.60. The number of rotatable bonds is 7. The van der Waals surface area contributed by atoms with Crippen LogP contribution < -0.4 is 4.90 Å². The molecule has 8 aromatic carbocycles. The van der Waals surface area contributed by atoms with Gasteiger partial charge in [0.1, 0.15) is 0 Å². The minimum Gasteiger partial charge on any atom is -0.311 e. The fraction of sp³-hybridized carbons (Fsp3) is 0.0566. The van der Waals surface area contributed by atoms with E-state index >= 15 is 0 Å². The van der Waals surface area contributed by atoms with E-state index in [1.54, 1.807) is 0 Å². The van der Waals surface area contributed by atoms with Crippen molar-refractivity contribution in [3.8, 4) is 27.9 Å². The lowest BCUT2D eigenvalue weighted by Crippen LogP contribution is -2.16. The van der Waals surface area contributed by atoms with Gasteiger partial charge in [-0.1, -0.05) is 166 Å². The van der Waals surface area contributed by atoms with Crippen LogP contribution in [-0.4, -0.2) is 4.57 Å². The van der Waals surface area contributed by atoms with Gasteiger partial charge in [0.2, 0.25) is 0 Å². The minimum absolute atomic E-state index is 0.175. The van der Waals surface area contributed by atoms with Crippen molar-refractivity contribution in [2.24, 2.45) is 0 Å². The van der Waals surface area contributed by atoms with E-state index in [0.29, 0.717) is 0 Å². The van der Waals surface area contributed by atoms with Crippen LogP contribution in [0.4, 0.5) is 17.1 Å². The van der Waals surface area contributed by atoms with Crippen molar-refractivity contribution in [2.75, 3.05) is 4.90 Å². The zero-order valence-electron chi connectivity index (χ0n) is 31.0. The summed E-state index contributed by atoms with van der Waals surface area (Å²) in [6.07, 6.45) is 4.48. The Morgan fingerprint density at radius 2 is 0.982 bits per heavy atom. The lowest BCUT2D eigenvalue weighted by atomic mass is 9.81. The van der Waals surface area contributed by atoms with Crippen LogP contribution in [0.3, 0.4) is 0 Å². The SMILES string of the molecule is CC1(C)c2cc(/C=C/c3ccc(-c4ccc(N(c5ccccc5)c5ccccc5)cc4)cc3)ccc2-c2ccc3c4ccccc4n(-c4ccccc4)c3c21. The first kappa shape index (κ1) is 32.7. The van der Waals surface area contributed by atoms with E-state index in [2.05, 4.69) is 230 Å². The number of hydrogen-bond acceptors (Lipinski definition) is 1. The van der Waals surface area contributed by atoms with Gasteiger partial charge in [-0.3, -0.25) is 0 Å². The Hall–Kier alpha value is -6.90. The Morgan fingerprint density at radius 1 is 0.455 bits per heavy atom. The number of benzene rings is 8. The summed E-state index contributed by atoms with van der Waals surface area (Å²) >= 11 is 0. The Balaban J connectivity index is 0.934. The normalized spacial score (nSPS) is 13.0. The monoisotopic (exact) mass is 704 g/mol. The topological polar surface area (TPSA) is 8.17 Å². The van der Waals surface area contributed by atoms with Gasteiger partial charge in [-0.05, 0) is 99.1 Å². The van der Waals surface area contributed by atoms with Crippen LogP contribution >= 0.6 is 0 Å². The van der Waals surface area contributed by atoms with E-state index in [1.807, 2.05) is 0 Å². The summed E-state index contributed by atoms with van der Waals surface area (Å²) in [6, 6.07) is 70.1. The van der Waals surface area contributed by atoms with Crippen molar-refractivity contribution in [3.63, 3.8) is 0 Å². The third kappa shape index (κ3) is 5.57. The maximum absolute atomic E-state index is 2.47. The summed E-state index contributed by atoms with van der Waals surface area (Å²) in [5.74, 6) is 0. The Labute approximate surface area is 322 Å². The van der Waals surface area contributed by atoms with Crippen LogP contribution in [0.15, 0.2) is 194 Å². The van der Waals surface area contributed by atoms with Crippen molar-refractivity contribution >= 4 is 51.0 Å². The fourth-order valence-electron chi connectivity index (χ4n) is 8.70. The molecule has 9 aromatic rings. The minimum atomic E-state index is -0.175. The van der Waals surface area contributed by atoms with Gasteiger partial charge in [0.15, 0.2) is 0 Å². The molecule has 1 heterocycles. The van der Waals surface area contributed by atoms with Crippen LogP contribution in [-0.2, 0) is 5.41 Å². The molecule has 0 saturated heterocycles. The molecular formula is C53H40N2. The van der Waals surface area contributed by atoms with Gasteiger partial charge in [0.25, 0.3) is 0 Å². The van der Waals surface area contributed by atoms with E-state index in [4.69, 9.17) is 0 Å². The third-order valence-corrected chi connectivity index (χ3v) is 11.3. The highest BCUT2D eigenvalue weighted by Gasteiger charge is 2.38. The average molecular weight is 705 g/mol. The molecule has 0 bridgehead atoms. The fourth-order valence-corrected chi connectivity index (χ4v) is 8.70. The molecule has 0 aliphatic heterocycles. The molecule has 55 heavy (non-hydrogen) atoms. The number of fused-ring (bicyclic) bond motifs is 7. The second-order valence-corrected chi connectivity index (χ2v) is 15.0. The van der Waals surface area contributed by atoms with Gasteiger partial charge in [-0.2, -0.15) is 0 Å². The summed E-state index contributed by atoms with van der Waals surface area (Å²) in [4.78, 5) is 2.29. The number of hydrogen-bond donors (Lipinski definition) is 0. The van der Waals surface area contributed by atoms with Crippen LogP contribution in [0.1, 0.15) is 36.1 Å². The van der Waals surface area contributed by atoms with E-state index < -0.39 is 0 Å². The number of nitrogens with zero attached hydrogens (tertiary/aromatic N) is 2. The summed E-state index contributed by atoms with van der Waals surface area (Å²) in [5.41, 5.74) is 17.2. The number of aromatic nitrogens is 1. The standard InChI is InChI=1S/C53H40N2/c1-53(2)49-36-38(26-33-45(49)47-34-35-48-46-20-12-13-21-50(46)55(52(48)51(47)53)43-18-10-5-11-19-43)23-22-37-24-27-39(28-25-37)40-29-31-44(32-30-40)54(41-14-6-3-7-15-41)42-16-8-4-9-17-42/h3-36H,1-2H3/b23-22+. The molecule has 2 nitrogen and oxygen atoms in total. The quantitative estimate of drug-likeness (QED) is 0.150. The third-order valence-electron chi connectivity index (χ3n) is 11.3. The second-order valence-electron chi connectivity index (χ2n) is 15.0. The molecule has 0 fully saturated rings. The van der Waals surface area contributed by atoms with Crippen LogP contribution in [0.25, 0.3) is 61.9 Å². The first-order valence-corrected chi connectivity index (χ1v) is 19.1. The van der Waals surface area contributed by atoms with Crippen molar-refractivity contribution in [1.29, 1.82) is 0 Å². The van der Waals surface area contributed by atoms with E-state index in [1.165, 1.54) is 72.0 Å².